The Morgan fingerprint density at radius 2 is 1.12 bits per heavy atom. The van der Waals surface area contributed by atoms with E-state index in [0.717, 1.165) is 0 Å². The van der Waals surface area contributed by atoms with E-state index in [1.165, 1.54) is 45.6 Å². The third kappa shape index (κ3) is 10.1. The van der Waals surface area contributed by atoms with Gasteiger partial charge in [0.05, 0.1) is 0 Å². The standard InChI is InChI=1S/3C4H9.C2H3.CH5N.Sn/c3*1-3-4-2;2*1-2;/h3*1,3-4H2,2H3;1H,2H2;2H2,1H3;. The first kappa shape index (κ1) is 19.8. The van der Waals surface area contributed by atoms with Crippen molar-refractivity contribution in [2.45, 2.75) is 72.6 Å². The smallest absolute Gasteiger partial charge is 0.0195 e. The van der Waals surface area contributed by atoms with Crippen molar-refractivity contribution in [3.8, 4) is 0 Å². The number of rotatable bonds is 10. The van der Waals surface area contributed by atoms with Gasteiger partial charge in [-0.05, 0) is 7.05 Å². The molecule has 1 nitrogen and oxygen atoms in total. The Kier molecular flexibility index (Phi) is 17.0. The number of hydrogen-bond acceptors (Lipinski definition) is 1. The van der Waals surface area contributed by atoms with Crippen molar-refractivity contribution in [1.29, 1.82) is 0 Å². The molecule has 0 fully saturated rings. The van der Waals surface area contributed by atoms with Crippen LogP contribution in [-0.4, -0.2) is 25.4 Å². The second-order valence-corrected chi connectivity index (χ2v) is 18.1. The first-order valence-corrected chi connectivity index (χ1v) is 15.2. The molecule has 0 saturated heterocycles. The van der Waals surface area contributed by atoms with E-state index in [1.54, 1.807) is 13.3 Å². The molecule has 0 aromatic rings. The van der Waals surface area contributed by atoms with Gasteiger partial charge in [0.2, 0.25) is 0 Å². The molecule has 0 aliphatic rings. The summed E-state index contributed by atoms with van der Waals surface area (Å²) in [6, 6.07) is 0. The number of unbranched alkanes of at least 4 members (excludes halogenated alkanes) is 3. The van der Waals surface area contributed by atoms with Gasteiger partial charge in [0.15, 0.2) is 0 Å². The fourth-order valence-electron chi connectivity index (χ4n) is 2.27. The van der Waals surface area contributed by atoms with Crippen molar-refractivity contribution < 1.29 is 0 Å². The average Bonchev–Trinajstić information content (AvgIpc) is 2.41. The molecule has 17 heavy (non-hydrogen) atoms. The van der Waals surface area contributed by atoms with Gasteiger partial charge >= 0.3 is 102 Å². The van der Waals surface area contributed by atoms with Crippen LogP contribution in [0, 0.1) is 0 Å². The van der Waals surface area contributed by atoms with E-state index in [4.69, 9.17) is 0 Å². The van der Waals surface area contributed by atoms with Crippen LogP contribution < -0.4 is 5.73 Å². The third-order valence-electron chi connectivity index (χ3n) is 3.52. The second kappa shape index (κ2) is 14.6. The fraction of sp³-hybridized carbons (Fsp3) is 0.867. The molecule has 0 radical (unpaired) electrons. The predicted molar refractivity (Wildman–Crippen MR) is 85.2 cm³/mol. The van der Waals surface area contributed by atoms with Crippen LogP contribution in [0.25, 0.3) is 0 Å². The molecule has 104 valence electrons. The molecule has 0 heterocycles. The average molecular weight is 348 g/mol. The Morgan fingerprint density at radius 1 is 0.824 bits per heavy atom. The first-order valence-electron chi connectivity index (χ1n) is 7.46. The zero-order valence-corrected chi connectivity index (χ0v) is 15.6. The summed E-state index contributed by atoms with van der Waals surface area (Å²) >= 11 is -1.85. The molecule has 0 spiro atoms. The van der Waals surface area contributed by atoms with Crippen molar-refractivity contribution in [3.05, 3.63) is 10.7 Å². The van der Waals surface area contributed by atoms with Crippen molar-refractivity contribution in [1.82, 2.24) is 0 Å². The summed E-state index contributed by atoms with van der Waals surface area (Å²) in [6.45, 7) is 11.1. The van der Waals surface area contributed by atoms with E-state index >= 15 is 0 Å². The Balaban J connectivity index is 0. The van der Waals surface area contributed by atoms with Gasteiger partial charge < -0.3 is 5.73 Å². The molecule has 0 saturated carbocycles. The maximum absolute atomic E-state index is 4.50. The van der Waals surface area contributed by atoms with Crippen LogP contribution in [0.5, 0.6) is 0 Å². The minimum absolute atomic E-state index is 1.37. The molecule has 0 bridgehead atoms. The summed E-state index contributed by atoms with van der Waals surface area (Å²) in [4.78, 5) is 0. The molecule has 0 amide bonds. The Hall–Kier alpha value is 0.499. The van der Waals surface area contributed by atoms with Gasteiger partial charge in [-0.25, -0.2) is 0 Å². The number of hydrogen-bond donors (Lipinski definition) is 1. The monoisotopic (exact) mass is 349 g/mol. The van der Waals surface area contributed by atoms with E-state index < -0.39 is 18.4 Å². The third-order valence-corrected chi connectivity index (χ3v) is 17.5. The summed E-state index contributed by atoms with van der Waals surface area (Å²) in [7, 11) is 1.50. The quantitative estimate of drug-likeness (QED) is 0.544. The molecule has 0 atom stereocenters. The van der Waals surface area contributed by atoms with Crippen molar-refractivity contribution >= 4 is 18.4 Å². The molecule has 0 aliphatic carbocycles. The van der Waals surface area contributed by atoms with E-state index in [1.807, 2.05) is 0 Å². The van der Waals surface area contributed by atoms with Crippen molar-refractivity contribution in [2.75, 3.05) is 7.05 Å². The van der Waals surface area contributed by atoms with Gasteiger partial charge in [0.25, 0.3) is 0 Å². The van der Waals surface area contributed by atoms with E-state index in [-0.39, 0.29) is 0 Å². The molecule has 0 aliphatic heterocycles. The maximum Gasteiger partial charge on any atom is -0.0195 e. The molecule has 2 heteroatoms. The van der Waals surface area contributed by atoms with Gasteiger partial charge in [0.1, 0.15) is 0 Å². The van der Waals surface area contributed by atoms with Crippen LogP contribution in [-0.2, 0) is 0 Å². The van der Waals surface area contributed by atoms with Crippen LogP contribution in [0.3, 0.4) is 0 Å². The van der Waals surface area contributed by atoms with Gasteiger partial charge in [0, 0.05) is 0 Å². The van der Waals surface area contributed by atoms with Crippen molar-refractivity contribution in [2.24, 2.45) is 5.73 Å². The molecular formula is C15H35NSn. The summed E-state index contributed by atoms with van der Waals surface area (Å²) in [5.74, 6) is 0. The van der Waals surface area contributed by atoms with Gasteiger partial charge in [-0.1, -0.05) is 0 Å². The minimum atomic E-state index is -1.85. The van der Waals surface area contributed by atoms with E-state index in [2.05, 4.69) is 37.2 Å². The minimum Gasteiger partial charge on any atom is -0.333 e. The summed E-state index contributed by atoms with van der Waals surface area (Å²) in [5, 5.41) is 0. The second-order valence-electron chi connectivity index (χ2n) is 4.88. The first-order chi connectivity index (χ1) is 8.24. The molecule has 2 N–H and O–H groups in total. The van der Waals surface area contributed by atoms with Gasteiger partial charge in [-0.15, -0.1) is 0 Å². The van der Waals surface area contributed by atoms with Crippen LogP contribution in [0.1, 0.15) is 59.3 Å². The van der Waals surface area contributed by atoms with Gasteiger partial charge in [-0.3, -0.25) is 0 Å². The summed E-state index contributed by atoms with van der Waals surface area (Å²) in [5.41, 5.74) is 4.50. The van der Waals surface area contributed by atoms with Crippen LogP contribution >= 0.6 is 0 Å². The van der Waals surface area contributed by atoms with Crippen molar-refractivity contribution in [3.63, 3.8) is 0 Å². The van der Waals surface area contributed by atoms with E-state index in [0.29, 0.717) is 0 Å². The van der Waals surface area contributed by atoms with E-state index in [9.17, 15) is 0 Å². The van der Waals surface area contributed by atoms with Crippen LogP contribution in [0.2, 0.25) is 13.3 Å². The van der Waals surface area contributed by atoms with Gasteiger partial charge in [-0.2, -0.15) is 0 Å². The predicted octanol–water partition coefficient (Wildman–Crippen LogP) is 5.14. The largest absolute Gasteiger partial charge is 0.333 e. The molecule has 0 aromatic heterocycles. The van der Waals surface area contributed by atoms with Crippen LogP contribution in [0.15, 0.2) is 10.7 Å². The fourth-order valence-corrected chi connectivity index (χ4v) is 15.2. The maximum atomic E-state index is 4.50. The zero-order chi connectivity index (χ0) is 13.6. The summed E-state index contributed by atoms with van der Waals surface area (Å²) in [6.07, 6.45) is 8.46. The Bertz CT molecular complexity index is 135. The van der Waals surface area contributed by atoms with Crippen LogP contribution in [0.4, 0.5) is 0 Å². The Morgan fingerprint density at radius 3 is 1.29 bits per heavy atom. The number of nitrogens with two attached hydrogens (primary N) is 1. The zero-order valence-electron chi connectivity index (χ0n) is 12.7. The normalized spacial score (nSPS) is 10.6. The molecule has 0 aromatic carbocycles. The molecule has 0 unspecified atom stereocenters. The SMILES string of the molecule is C=[CH][Sn]([CH2]CCC)([CH2]CCC)[CH2]CCC.CN. The Labute approximate surface area is 114 Å². The molecule has 0 rings (SSSR count). The summed E-state index contributed by atoms with van der Waals surface area (Å²) < 4.78 is 7.16. The molecular weight excluding hydrogens is 313 g/mol. The topological polar surface area (TPSA) is 26.0 Å².